The van der Waals surface area contributed by atoms with Crippen LogP contribution in [0.3, 0.4) is 0 Å². The van der Waals surface area contributed by atoms with E-state index in [-0.39, 0.29) is 6.10 Å². The van der Waals surface area contributed by atoms with Crippen LogP contribution in [0.4, 0.5) is 0 Å². The Hall–Kier alpha value is -0.300. The van der Waals surface area contributed by atoms with Crippen molar-refractivity contribution in [2.24, 2.45) is 0 Å². The van der Waals surface area contributed by atoms with Crippen LogP contribution in [-0.4, -0.2) is 11.2 Å². The molecule has 0 aliphatic carbocycles. The SMILES string of the molecule is C=C(CCCC)C(O)CC. The summed E-state index contributed by atoms with van der Waals surface area (Å²) in [6.07, 6.45) is 3.82. The molecule has 0 bridgehead atoms. The molecule has 0 fully saturated rings. The van der Waals surface area contributed by atoms with Crippen LogP contribution in [0.15, 0.2) is 12.2 Å². The molecular weight excluding hydrogens is 124 g/mol. The first kappa shape index (κ1) is 9.70. The van der Waals surface area contributed by atoms with Gasteiger partial charge in [0.15, 0.2) is 0 Å². The number of hydrogen-bond donors (Lipinski definition) is 1. The fraction of sp³-hybridized carbons (Fsp3) is 0.778. The lowest BCUT2D eigenvalue weighted by atomic mass is 10.0. The van der Waals surface area contributed by atoms with Crippen LogP contribution in [0.5, 0.6) is 0 Å². The van der Waals surface area contributed by atoms with Crippen LogP contribution in [0, 0.1) is 0 Å². The van der Waals surface area contributed by atoms with Crippen molar-refractivity contribution in [3.05, 3.63) is 12.2 Å². The second kappa shape index (κ2) is 5.48. The van der Waals surface area contributed by atoms with Crippen molar-refractivity contribution in [1.82, 2.24) is 0 Å². The van der Waals surface area contributed by atoms with E-state index >= 15 is 0 Å². The van der Waals surface area contributed by atoms with Gasteiger partial charge in [0.2, 0.25) is 0 Å². The quantitative estimate of drug-likeness (QED) is 0.585. The summed E-state index contributed by atoms with van der Waals surface area (Å²) >= 11 is 0. The maximum Gasteiger partial charge on any atom is 0.0744 e. The summed E-state index contributed by atoms with van der Waals surface area (Å²) in [6, 6.07) is 0. The third-order valence-electron chi connectivity index (χ3n) is 1.71. The van der Waals surface area contributed by atoms with Crippen molar-refractivity contribution < 1.29 is 5.11 Å². The van der Waals surface area contributed by atoms with Gasteiger partial charge in [-0.15, -0.1) is 0 Å². The van der Waals surface area contributed by atoms with Gasteiger partial charge in [0, 0.05) is 0 Å². The summed E-state index contributed by atoms with van der Waals surface area (Å²) in [5, 5.41) is 9.25. The van der Waals surface area contributed by atoms with E-state index in [9.17, 15) is 5.11 Å². The summed E-state index contributed by atoms with van der Waals surface area (Å²) < 4.78 is 0. The molecule has 0 heterocycles. The van der Waals surface area contributed by atoms with Gasteiger partial charge in [0.05, 0.1) is 6.10 Å². The highest BCUT2D eigenvalue weighted by Crippen LogP contribution is 2.11. The van der Waals surface area contributed by atoms with Gasteiger partial charge in [0.1, 0.15) is 0 Å². The average molecular weight is 142 g/mol. The number of unbranched alkanes of at least 4 members (excludes halogenated alkanes) is 1. The number of rotatable bonds is 5. The van der Waals surface area contributed by atoms with E-state index in [2.05, 4.69) is 13.5 Å². The monoisotopic (exact) mass is 142 g/mol. The lowest BCUT2D eigenvalue weighted by Crippen LogP contribution is -2.06. The van der Waals surface area contributed by atoms with Crippen molar-refractivity contribution in [3.8, 4) is 0 Å². The van der Waals surface area contributed by atoms with Gasteiger partial charge in [-0.3, -0.25) is 0 Å². The molecule has 0 radical (unpaired) electrons. The molecule has 1 heteroatoms. The van der Waals surface area contributed by atoms with E-state index in [1.54, 1.807) is 0 Å². The molecule has 60 valence electrons. The minimum absolute atomic E-state index is 0.272. The molecule has 0 amide bonds. The Labute approximate surface area is 63.8 Å². The molecule has 0 aromatic heterocycles. The molecule has 0 aliphatic heterocycles. The maximum absolute atomic E-state index is 9.25. The van der Waals surface area contributed by atoms with Gasteiger partial charge < -0.3 is 5.11 Å². The minimum Gasteiger partial charge on any atom is -0.389 e. The lowest BCUT2D eigenvalue weighted by molar-refractivity contribution is 0.202. The largest absolute Gasteiger partial charge is 0.389 e. The summed E-state index contributed by atoms with van der Waals surface area (Å²) in [5.41, 5.74) is 0.990. The van der Waals surface area contributed by atoms with Crippen molar-refractivity contribution in [3.63, 3.8) is 0 Å². The van der Waals surface area contributed by atoms with Crippen LogP contribution in [-0.2, 0) is 0 Å². The summed E-state index contributed by atoms with van der Waals surface area (Å²) in [4.78, 5) is 0. The molecule has 0 saturated heterocycles. The molecule has 0 spiro atoms. The highest BCUT2D eigenvalue weighted by atomic mass is 16.3. The number of hydrogen-bond acceptors (Lipinski definition) is 1. The molecule has 0 saturated carbocycles. The van der Waals surface area contributed by atoms with Crippen LogP contribution in [0.1, 0.15) is 39.5 Å². The molecule has 0 aliphatic rings. The van der Waals surface area contributed by atoms with Gasteiger partial charge in [-0.25, -0.2) is 0 Å². The minimum atomic E-state index is -0.272. The highest BCUT2D eigenvalue weighted by Gasteiger charge is 2.03. The third-order valence-corrected chi connectivity index (χ3v) is 1.71. The van der Waals surface area contributed by atoms with Crippen LogP contribution < -0.4 is 0 Å². The van der Waals surface area contributed by atoms with Crippen molar-refractivity contribution in [2.75, 3.05) is 0 Å². The first-order chi connectivity index (χ1) is 4.72. The number of aliphatic hydroxyl groups excluding tert-OH is 1. The zero-order valence-electron chi connectivity index (χ0n) is 7.06. The second-order valence-corrected chi connectivity index (χ2v) is 2.69. The Bertz CT molecular complexity index is 96.9. The van der Waals surface area contributed by atoms with Crippen LogP contribution in [0.25, 0.3) is 0 Å². The molecule has 0 aromatic carbocycles. The molecule has 1 atom stereocenters. The molecule has 0 rings (SSSR count). The Kier molecular flexibility index (Phi) is 5.32. The van der Waals surface area contributed by atoms with Crippen LogP contribution in [0.2, 0.25) is 0 Å². The Morgan fingerprint density at radius 1 is 1.50 bits per heavy atom. The molecule has 1 nitrogen and oxygen atoms in total. The smallest absolute Gasteiger partial charge is 0.0744 e. The molecule has 10 heavy (non-hydrogen) atoms. The first-order valence-electron chi connectivity index (χ1n) is 4.08. The van der Waals surface area contributed by atoms with Gasteiger partial charge in [-0.05, 0) is 24.8 Å². The Morgan fingerprint density at radius 3 is 2.50 bits per heavy atom. The van der Waals surface area contributed by atoms with Crippen molar-refractivity contribution in [2.45, 2.75) is 45.6 Å². The van der Waals surface area contributed by atoms with Crippen molar-refractivity contribution >= 4 is 0 Å². The summed E-state index contributed by atoms with van der Waals surface area (Å²) in [6.45, 7) is 7.93. The fourth-order valence-electron chi connectivity index (χ4n) is 0.859. The number of aliphatic hydroxyl groups is 1. The molecular formula is C9H18O. The summed E-state index contributed by atoms with van der Waals surface area (Å²) in [7, 11) is 0. The predicted molar refractivity (Wildman–Crippen MR) is 45.0 cm³/mol. The van der Waals surface area contributed by atoms with Crippen LogP contribution >= 0.6 is 0 Å². The van der Waals surface area contributed by atoms with E-state index < -0.39 is 0 Å². The third kappa shape index (κ3) is 3.67. The van der Waals surface area contributed by atoms with E-state index in [0.29, 0.717) is 0 Å². The first-order valence-corrected chi connectivity index (χ1v) is 4.08. The Balaban J connectivity index is 3.42. The van der Waals surface area contributed by atoms with E-state index in [1.807, 2.05) is 6.92 Å². The standard InChI is InChI=1S/C9H18O/c1-4-6-7-8(3)9(10)5-2/h9-10H,3-7H2,1-2H3. The highest BCUT2D eigenvalue weighted by molar-refractivity contribution is 5.00. The molecule has 0 aromatic rings. The zero-order chi connectivity index (χ0) is 7.98. The summed E-state index contributed by atoms with van der Waals surface area (Å²) in [5.74, 6) is 0. The normalized spacial score (nSPS) is 13.1. The van der Waals surface area contributed by atoms with Gasteiger partial charge >= 0.3 is 0 Å². The van der Waals surface area contributed by atoms with E-state index in [1.165, 1.54) is 6.42 Å². The van der Waals surface area contributed by atoms with Gasteiger partial charge in [0.25, 0.3) is 0 Å². The zero-order valence-corrected chi connectivity index (χ0v) is 7.06. The topological polar surface area (TPSA) is 20.2 Å². The second-order valence-electron chi connectivity index (χ2n) is 2.69. The lowest BCUT2D eigenvalue weighted by Gasteiger charge is -2.09. The van der Waals surface area contributed by atoms with Gasteiger partial charge in [-0.1, -0.05) is 26.8 Å². The maximum atomic E-state index is 9.25. The van der Waals surface area contributed by atoms with E-state index in [0.717, 1.165) is 24.8 Å². The molecule has 1 unspecified atom stereocenters. The average Bonchev–Trinajstić information content (AvgIpc) is 1.98. The Morgan fingerprint density at radius 2 is 2.10 bits per heavy atom. The fourth-order valence-corrected chi connectivity index (χ4v) is 0.859. The predicted octanol–water partition coefficient (Wildman–Crippen LogP) is 2.50. The van der Waals surface area contributed by atoms with E-state index in [4.69, 9.17) is 0 Å². The van der Waals surface area contributed by atoms with Gasteiger partial charge in [-0.2, -0.15) is 0 Å². The molecule has 1 N–H and O–H groups in total. The van der Waals surface area contributed by atoms with Crippen molar-refractivity contribution in [1.29, 1.82) is 0 Å².